The first-order valence-electron chi connectivity index (χ1n) is 8.15. The minimum atomic E-state index is -0.0826. The standard InChI is InChI=1S/C17H23BrN2O/c18-15-7-11(8-19-13-3-4-13)1-5-16(15)20-9-12-2-6-17(21)14(12)10-20/h1,5,7,12-14,17,19,21H,2-4,6,8-10H2. The second kappa shape index (κ2) is 5.56. The number of benzene rings is 1. The predicted molar refractivity (Wildman–Crippen MR) is 88.4 cm³/mol. The number of hydrogen-bond donors (Lipinski definition) is 2. The monoisotopic (exact) mass is 350 g/mol. The normalized spacial score (nSPS) is 31.7. The lowest BCUT2D eigenvalue weighted by Crippen LogP contribution is -2.24. The van der Waals surface area contributed by atoms with Gasteiger partial charge in [-0.1, -0.05) is 6.07 Å². The molecule has 4 rings (SSSR count). The lowest BCUT2D eigenvalue weighted by atomic mass is 10.00. The van der Waals surface area contributed by atoms with Crippen molar-refractivity contribution in [3.8, 4) is 0 Å². The van der Waals surface area contributed by atoms with Gasteiger partial charge in [-0.2, -0.15) is 0 Å². The highest BCUT2D eigenvalue weighted by atomic mass is 79.9. The van der Waals surface area contributed by atoms with Crippen molar-refractivity contribution in [1.82, 2.24) is 5.32 Å². The number of hydrogen-bond acceptors (Lipinski definition) is 3. The number of rotatable bonds is 4. The molecular weight excluding hydrogens is 328 g/mol. The molecule has 3 unspecified atom stereocenters. The van der Waals surface area contributed by atoms with Crippen LogP contribution >= 0.6 is 15.9 Å². The van der Waals surface area contributed by atoms with Gasteiger partial charge in [-0.15, -0.1) is 0 Å². The van der Waals surface area contributed by atoms with Gasteiger partial charge in [0.05, 0.1) is 11.8 Å². The second-order valence-electron chi connectivity index (χ2n) is 6.91. The zero-order valence-corrected chi connectivity index (χ0v) is 13.8. The van der Waals surface area contributed by atoms with Crippen LogP contribution < -0.4 is 10.2 Å². The number of fused-ring (bicyclic) bond motifs is 1. The highest BCUT2D eigenvalue weighted by molar-refractivity contribution is 9.10. The lowest BCUT2D eigenvalue weighted by molar-refractivity contribution is 0.133. The molecule has 1 aliphatic heterocycles. The van der Waals surface area contributed by atoms with E-state index in [1.807, 2.05) is 0 Å². The third kappa shape index (κ3) is 2.86. The van der Waals surface area contributed by atoms with Gasteiger partial charge in [0.25, 0.3) is 0 Å². The van der Waals surface area contributed by atoms with Gasteiger partial charge in [0.1, 0.15) is 0 Å². The molecule has 114 valence electrons. The van der Waals surface area contributed by atoms with Gasteiger partial charge >= 0.3 is 0 Å². The summed E-state index contributed by atoms with van der Waals surface area (Å²) >= 11 is 3.74. The van der Waals surface area contributed by atoms with Crippen molar-refractivity contribution in [3.05, 3.63) is 28.2 Å². The Morgan fingerprint density at radius 3 is 2.76 bits per heavy atom. The number of anilines is 1. The molecule has 3 atom stereocenters. The van der Waals surface area contributed by atoms with Crippen LogP contribution in [0.15, 0.2) is 22.7 Å². The van der Waals surface area contributed by atoms with Crippen LogP contribution in [-0.2, 0) is 6.54 Å². The highest BCUT2D eigenvalue weighted by Gasteiger charge is 2.42. The third-order valence-electron chi connectivity index (χ3n) is 5.34. The molecule has 0 bridgehead atoms. The van der Waals surface area contributed by atoms with Crippen molar-refractivity contribution in [3.63, 3.8) is 0 Å². The molecule has 0 amide bonds. The molecule has 21 heavy (non-hydrogen) atoms. The highest BCUT2D eigenvalue weighted by Crippen LogP contribution is 2.41. The SMILES string of the molecule is OC1CCC2CN(c3ccc(CNC4CC4)cc3Br)CC12. The van der Waals surface area contributed by atoms with E-state index in [2.05, 4.69) is 44.3 Å². The summed E-state index contributed by atoms with van der Waals surface area (Å²) in [5, 5.41) is 13.6. The molecular formula is C17H23BrN2O. The molecule has 2 aliphatic carbocycles. The zero-order valence-electron chi connectivity index (χ0n) is 12.3. The quantitative estimate of drug-likeness (QED) is 0.876. The van der Waals surface area contributed by atoms with Gasteiger partial charge in [-0.05, 0) is 65.2 Å². The summed E-state index contributed by atoms with van der Waals surface area (Å²) < 4.78 is 1.19. The van der Waals surface area contributed by atoms with Crippen LogP contribution in [0, 0.1) is 11.8 Å². The Morgan fingerprint density at radius 1 is 1.19 bits per heavy atom. The van der Waals surface area contributed by atoms with Crippen molar-refractivity contribution in [2.75, 3.05) is 18.0 Å². The minimum absolute atomic E-state index is 0.0826. The molecule has 4 heteroatoms. The fraction of sp³-hybridized carbons (Fsp3) is 0.647. The lowest BCUT2D eigenvalue weighted by Gasteiger charge is -2.22. The zero-order chi connectivity index (χ0) is 14.4. The van der Waals surface area contributed by atoms with E-state index in [4.69, 9.17) is 0 Å². The van der Waals surface area contributed by atoms with Gasteiger partial charge in [0.2, 0.25) is 0 Å². The van der Waals surface area contributed by atoms with Crippen LogP contribution in [0.5, 0.6) is 0 Å². The van der Waals surface area contributed by atoms with Crippen LogP contribution in [0.4, 0.5) is 5.69 Å². The van der Waals surface area contributed by atoms with Crippen LogP contribution in [0.3, 0.4) is 0 Å². The molecule has 3 fully saturated rings. The molecule has 2 N–H and O–H groups in total. The average Bonchev–Trinajstić information content (AvgIpc) is 3.11. The van der Waals surface area contributed by atoms with Crippen LogP contribution in [0.1, 0.15) is 31.2 Å². The molecule has 1 aromatic rings. The Labute approximate surface area is 134 Å². The summed E-state index contributed by atoms with van der Waals surface area (Å²) in [6, 6.07) is 7.47. The van der Waals surface area contributed by atoms with Gasteiger partial charge in [0, 0.05) is 36.1 Å². The maximum atomic E-state index is 10.1. The first-order valence-corrected chi connectivity index (χ1v) is 8.95. The summed E-state index contributed by atoms with van der Waals surface area (Å²) in [6.45, 7) is 3.07. The van der Waals surface area contributed by atoms with Crippen LogP contribution in [0.25, 0.3) is 0 Å². The maximum Gasteiger partial charge on any atom is 0.0588 e. The summed E-state index contributed by atoms with van der Waals surface area (Å²) in [5.74, 6) is 1.16. The summed E-state index contributed by atoms with van der Waals surface area (Å²) in [4.78, 5) is 2.44. The maximum absolute atomic E-state index is 10.1. The van der Waals surface area contributed by atoms with Crippen molar-refractivity contribution in [1.29, 1.82) is 0 Å². The number of aliphatic hydroxyl groups is 1. The Balaban J connectivity index is 1.45. The summed E-state index contributed by atoms with van der Waals surface area (Å²) in [7, 11) is 0. The number of halogens is 1. The average molecular weight is 351 g/mol. The number of aliphatic hydroxyl groups excluding tert-OH is 1. The van der Waals surface area contributed by atoms with E-state index in [0.717, 1.165) is 32.1 Å². The smallest absolute Gasteiger partial charge is 0.0588 e. The van der Waals surface area contributed by atoms with Crippen LogP contribution in [-0.4, -0.2) is 30.3 Å². The Bertz CT molecular complexity index is 532. The van der Waals surface area contributed by atoms with E-state index in [1.165, 1.54) is 35.0 Å². The van der Waals surface area contributed by atoms with Crippen molar-refractivity contribution >= 4 is 21.6 Å². The van der Waals surface area contributed by atoms with Crippen molar-refractivity contribution < 1.29 is 5.11 Å². The fourth-order valence-corrected chi connectivity index (χ4v) is 4.58. The van der Waals surface area contributed by atoms with E-state index < -0.39 is 0 Å². The largest absolute Gasteiger partial charge is 0.393 e. The summed E-state index contributed by atoms with van der Waals surface area (Å²) in [5.41, 5.74) is 2.63. The summed E-state index contributed by atoms with van der Waals surface area (Å²) in [6.07, 6.45) is 4.76. The van der Waals surface area contributed by atoms with Gasteiger partial charge in [-0.3, -0.25) is 0 Å². The third-order valence-corrected chi connectivity index (χ3v) is 5.98. The number of nitrogens with zero attached hydrogens (tertiary/aromatic N) is 1. The van der Waals surface area contributed by atoms with E-state index in [-0.39, 0.29) is 6.10 Å². The molecule has 0 radical (unpaired) electrons. The first kappa shape index (κ1) is 14.0. The molecule has 0 spiro atoms. The molecule has 1 aromatic carbocycles. The first-order chi connectivity index (χ1) is 10.2. The van der Waals surface area contributed by atoms with E-state index in [1.54, 1.807) is 0 Å². The fourth-order valence-electron chi connectivity index (χ4n) is 3.90. The molecule has 3 aliphatic rings. The molecule has 1 heterocycles. The van der Waals surface area contributed by atoms with Crippen molar-refractivity contribution in [2.45, 2.75) is 44.4 Å². The van der Waals surface area contributed by atoms with Crippen LogP contribution in [0.2, 0.25) is 0 Å². The second-order valence-corrected chi connectivity index (χ2v) is 7.77. The van der Waals surface area contributed by atoms with Gasteiger partial charge in [-0.25, -0.2) is 0 Å². The Kier molecular flexibility index (Phi) is 3.72. The topological polar surface area (TPSA) is 35.5 Å². The van der Waals surface area contributed by atoms with E-state index in [0.29, 0.717) is 11.8 Å². The number of nitrogens with one attached hydrogen (secondary N) is 1. The van der Waals surface area contributed by atoms with E-state index >= 15 is 0 Å². The molecule has 3 nitrogen and oxygen atoms in total. The Hall–Kier alpha value is -0.580. The molecule has 2 saturated carbocycles. The Morgan fingerprint density at radius 2 is 2.05 bits per heavy atom. The van der Waals surface area contributed by atoms with Gasteiger partial charge in [0.15, 0.2) is 0 Å². The molecule has 0 aromatic heterocycles. The van der Waals surface area contributed by atoms with Crippen molar-refractivity contribution in [2.24, 2.45) is 11.8 Å². The predicted octanol–water partition coefficient (Wildman–Crippen LogP) is 2.91. The minimum Gasteiger partial charge on any atom is -0.393 e. The van der Waals surface area contributed by atoms with E-state index in [9.17, 15) is 5.11 Å². The van der Waals surface area contributed by atoms with Gasteiger partial charge < -0.3 is 15.3 Å². The molecule has 1 saturated heterocycles.